The number of benzene rings is 2. The normalized spacial score (nSPS) is 10.2. The lowest BCUT2D eigenvalue weighted by Gasteiger charge is -2.20. The van der Waals surface area contributed by atoms with E-state index in [0.29, 0.717) is 17.0 Å². The van der Waals surface area contributed by atoms with Crippen molar-refractivity contribution in [2.45, 2.75) is 6.92 Å². The number of nitrogens with zero attached hydrogens (tertiary/aromatic N) is 1. The van der Waals surface area contributed by atoms with Crippen LogP contribution in [0.15, 0.2) is 42.5 Å². The number of rotatable bonds is 3. The van der Waals surface area contributed by atoms with Gasteiger partial charge in [-0.3, -0.25) is 4.79 Å². The second-order valence-electron chi connectivity index (χ2n) is 4.61. The molecule has 104 valence electrons. The van der Waals surface area contributed by atoms with Crippen LogP contribution in [-0.4, -0.2) is 20.1 Å². The summed E-state index contributed by atoms with van der Waals surface area (Å²) in [7, 11) is 3.28. The van der Waals surface area contributed by atoms with E-state index in [1.54, 1.807) is 30.1 Å². The van der Waals surface area contributed by atoms with Crippen molar-refractivity contribution in [1.29, 1.82) is 0 Å². The summed E-state index contributed by atoms with van der Waals surface area (Å²) in [5.74, 6) is 0.369. The first-order valence-electron chi connectivity index (χ1n) is 6.31. The van der Waals surface area contributed by atoms with Gasteiger partial charge in [-0.15, -0.1) is 0 Å². The average molecular weight is 270 g/mol. The highest BCUT2D eigenvalue weighted by molar-refractivity contribution is 6.08. The second-order valence-corrected chi connectivity index (χ2v) is 4.61. The number of carbonyl (C=O) groups excluding carboxylic acids is 1. The molecule has 0 saturated heterocycles. The summed E-state index contributed by atoms with van der Waals surface area (Å²) in [6.45, 7) is 1.97. The number of hydrogen-bond donors (Lipinski definition) is 1. The molecule has 0 atom stereocenters. The third kappa shape index (κ3) is 2.59. The van der Waals surface area contributed by atoms with Gasteiger partial charge in [0.1, 0.15) is 5.75 Å². The minimum atomic E-state index is -0.150. The summed E-state index contributed by atoms with van der Waals surface area (Å²) in [5.41, 5.74) is 8.65. The Hall–Kier alpha value is -2.49. The Morgan fingerprint density at radius 3 is 2.55 bits per heavy atom. The Labute approximate surface area is 118 Å². The molecule has 0 heterocycles. The molecule has 0 radical (unpaired) electrons. The molecule has 0 spiro atoms. The molecule has 0 aliphatic rings. The molecule has 1 amide bonds. The first-order chi connectivity index (χ1) is 9.54. The Morgan fingerprint density at radius 1 is 1.20 bits per heavy atom. The quantitative estimate of drug-likeness (QED) is 0.872. The summed E-state index contributed by atoms with van der Waals surface area (Å²) in [5, 5.41) is 0. The van der Waals surface area contributed by atoms with Gasteiger partial charge in [0.25, 0.3) is 5.91 Å². The van der Waals surface area contributed by atoms with Gasteiger partial charge < -0.3 is 15.4 Å². The lowest BCUT2D eigenvalue weighted by molar-refractivity contribution is 0.0990. The lowest BCUT2D eigenvalue weighted by Crippen LogP contribution is -2.27. The van der Waals surface area contributed by atoms with Crippen LogP contribution in [0.25, 0.3) is 0 Å². The molecule has 2 aromatic rings. The molecule has 2 N–H and O–H groups in total. The van der Waals surface area contributed by atoms with Crippen molar-refractivity contribution >= 4 is 17.3 Å². The maximum absolute atomic E-state index is 12.6. The molecule has 0 fully saturated rings. The minimum absolute atomic E-state index is 0.150. The third-order valence-corrected chi connectivity index (χ3v) is 3.24. The molecule has 2 aromatic carbocycles. The zero-order valence-corrected chi connectivity index (χ0v) is 11.9. The number of aryl methyl sites for hydroxylation is 1. The van der Waals surface area contributed by atoms with Crippen molar-refractivity contribution in [3.8, 4) is 5.75 Å². The van der Waals surface area contributed by atoms with E-state index in [4.69, 9.17) is 10.5 Å². The first-order valence-corrected chi connectivity index (χ1v) is 6.31. The van der Waals surface area contributed by atoms with Gasteiger partial charge in [0, 0.05) is 18.4 Å². The van der Waals surface area contributed by atoms with E-state index in [2.05, 4.69) is 0 Å². The fraction of sp³-hybridized carbons (Fsp3) is 0.188. The number of nitrogen functional groups attached to an aromatic ring is 1. The molecule has 0 unspecified atom stereocenters. The van der Waals surface area contributed by atoms with Gasteiger partial charge in [0.15, 0.2) is 0 Å². The number of hydrogen-bond acceptors (Lipinski definition) is 3. The summed E-state index contributed by atoms with van der Waals surface area (Å²) >= 11 is 0. The van der Waals surface area contributed by atoms with Gasteiger partial charge in [-0.1, -0.05) is 18.2 Å². The van der Waals surface area contributed by atoms with E-state index in [0.717, 1.165) is 11.3 Å². The van der Waals surface area contributed by atoms with Gasteiger partial charge in [0.2, 0.25) is 0 Å². The molecule has 0 saturated carbocycles. The predicted molar refractivity (Wildman–Crippen MR) is 81.3 cm³/mol. The Bertz CT molecular complexity index is 638. The highest BCUT2D eigenvalue weighted by Crippen LogP contribution is 2.26. The highest BCUT2D eigenvalue weighted by Gasteiger charge is 2.19. The maximum atomic E-state index is 12.6. The number of carbonyl (C=O) groups is 1. The molecule has 0 aliphatic heterocycles. The van der Waals surface area contributed by atoms with Crippen LogP contribution in [0.4, 0.5) is 11.4 Å². The van der Waals surface area contributed by atoms with Crippen LogP contribution in [0.3, 0.4) is 0 Å². The van der Waals surface area contributed by atoms with E-state index < -0.39 is 0 Å². The molecule has 0 aliphatic carbocycles. The van der Waals surface area contributed by atoms with E-state index in [-0.39, 0.29) is 5.91 Å². The van der Waals surface area contributed by atoms with Crippen molar-refractivity contribution in [2.75, 3.05) is 24.8 Å². The maximum Gasteiger partial charge on any atom is 0.261 e. The molecule has 4 heteroatoms. The number of anilines is 2. The third-order valence-electron chi connectivity index (χ3n) is 3.24. The molecule has 2 rings (SSSR count). The number of methoxy groups -OCH3 is 1. The summed E-state index contributed by atoms with van der Waals surface area (Å²) in [6, 6.07) is 12.8. The zero-order chi connectivity index (χ0) is 14.7. The largest absolute Gasteiger partial charge is 0.496 e. The topological polar surface area (TPSA) is 55.6 Å². The van der Waals surface area contributed by atoms with Gasteiger partial charge in [-0.05, 0) is 36.8 Å². The summed E-state index contributed by atoms with van der Waals surface area (Å²) < 4.78 is 5.23. The van der Waals surface area contributed by atoms with E-state index in [1.165, 1.54) is 7.11 Å². The van der Waals surface area contributed by atoms with Crippen LogP contribution in [0.5, 0.6) is 5.75 Å². The van der Waals surface area contributed by atoms with Crippen LogP contribution >= 0.6 is 0 Å². The van der Waals surface area contributed by atoms with E-state index in [9.17, 15) is 4.79 Å². The van der Waals surface area contributed by atoms with Crippen LogP contribution in [-0.2, 0) is 0 Å². The zero-order valence-electron chi connectivity index (χ0n) is 11.9. The monoisotopic (exact) mass is 270 g/mol. The first kappa shape index (κ1) is 13.9. The molecule has 0 bridgehead atoms. The van der Waals surface area contributed by atoms with Crippen LogP contribution in [0, 0.1) is 6.92 Å². The van der Waals surface area contributed by atoms with E-state index in [1.807, 2.05) is 31.2 Å². The van der Waals surface area contributed by atoms with Crippen LogP contribution in [0.1, 0.15) is 15.9 Å². The SMILES string of the molecule is COc1ccc(N)cc1C(=O)N(C)c1ccccc1C. The van der Waals surface area contributed by atoms with Gasteiger partial charge in [-0.2, -0.15) is 0 Å². The van der Waals surface area contributed by atoms with Crippen molar-refractivity contribution in [3.63, 3.8) is 0 Å². The fourth-order valence-corrected chi connectivity index (χ4v) is 2.12. The number of para-hydroxylation sites is 1. The van der Waals surface area contributed by atoms with Gasteiger partial charge in [0.05, 0.1) is 12.7 Å². The number of nitrogens with two attached hydrogens (primary N) is 1. The van der Waals surface area contributed by atoms with Crippen LogP contribution in [0.2, 0.25) is 0 Å². The van der Waals surface area contributed by atoms with Crippen molar-refractivity contribution in [3.05, 3.63) is 53.6 Å². The average Bonchev–Trinajstić information content (AvgIpc) is 2.46. The van der Waals surface area contributed by atoms with E-state index >= 15 is 0 Å². The lowest BCUT2D eigenvalue weighted by atomic mass is 10.1. The fourth-order valence-electron chi connectivity index (χ4n) is 2.12. The van der Waals surface area contributed by atoms with Crippen LogP contribution < -0.4 is 15.4 Å². The molecule has 4 nitrogen and oxygen atoms in total. The van der Waals surface area contributed by atoms with Crippen molar-refractivity contribution in [2.24, 2.45) is 0 Å². The summed E-state index contributed by atoms with van der Waals surface area (Å²) in [4.78, 5) is 14.2. The second kappa shape index (κ2) is 5.65. The highest BCUT2D eigenvalue weighted by atomic mass is 16.5. The minimum Gasteiger partial charge on any atom is -0.496 e. The molecule has 0 aromatic heterocycles. The van der Waals surface area contributed by atoms with Gasteiger partial charge >= 0.3 is 0 Å². The Morgan fingerprint density at radius 2 is 1.90 bits per heavy atom. The molecule has 20 heavy (non-hydrogen) atoms. The van der Waals surface area contributed by atoms with Gasteiger partial charge in [-0.25, -0.2) is 0 Å². The smallest absolute Gasteiger partial charge is 0.261 e. The Kier molecular flexibility index (Phi) is 3.94. The summed E-state index contributed by atoms with van der Waals surface area (Å²) in [6.07, 6.45) is 0. The molecular formula is C16H18N2O2. The van der Waals surface area contributed by atoms with Crippen molar-refractivity contribution in [1.82, 2.24) is 0 Å². The predicted octanol–water partition coefficient (Wildman–Crippen LogP) is 2.86. The number of ether oxygens (including phenoxy) is 1. The van der Waals surface area contributed by atoms with Crippen molar-refractivity contribution < 1.29 is 9.53 Å². The number of amides is 1. The standard InChI is InChI=1S/C16H18N2O2/c1-11-6-4-5-7-14(11)18(2)16(19)13-10-12(17)8-9-15(13)20-3/h4-10H,17H2,1-3H3. The molecular weight excluding hydrogens is 252 g/mol. The Balaban J connectivity index is 2.41.